The molecule has 0 fully saturated rings. The minimum absolute atomic E-state index is 0.306. The maximum Gasteiger partial charge on any atom is 0.647 e. The van der Waals surface area contributed by atoms with Gasteiger partial charge in [0.1, 0.15) is 17.2 Å². The summed E-state index contributed by atoms with van der Waals surface area (Å²) in [5.41, 5.74) is 4.75. The van der Waals surface area contributed by atoms with Crippen LogP contribution in [0.4, 0.5) is 0 Å². The summed E-state index contributed by atoms with van der Waals surface area (Å²) in [6.45, 7) is 14.2. The predicted octanol–water partition coefficient (Wildman–Crippen LogP) is 8.50. The van der Waals surface area contributed by atoms with E-state index in [9.17, 15) is 4.57 Å². The molecule has 0 aliphatic rings. The Balaban J connectivity index is 2.05. The van der Waals surface area contributed by atoms with Crippen LogP contribution in [0.5, 0.6) is 17.2 Å². The Hall–Kier alpha value is -2.71. The molecule has 0 saturated carbocycles. The molecule has 4 nitrogen and oxygen atoms in total. The first-order valence-electron chi connectivity index (χ1n) is 11.0. The molecular formula is C27H33O4P. The molecule has 3 rings (SSSR count). The van der Waals surface area contributed by atoms with Crippen molar-refractivity contribution >= 4 is 7.82 Å². The van der Waals surface area contributed by atoms with Crippen LogP contribution in [0.15, 0.2) is 60.7 Å². The number of phosphoric acid groups is 1. The number of hydrogen-bond donors (Lipinski definition) is 0. The number of phosphoric ester groups is 1. The van der Waals surface area contributed by atoms with Crippen LogP contribution in [0.1, 0.15) is 67.3 Å². The topological polar surface area (TPSA) is 44.8 Å². The molecule has 0 amide bonds. The van der Waals surface area contributed by atoms with E-state index in [4.69, 9.17) is 13.6 Å². The van der Waals surface area contributed by atoms with E-state index in [-0.39, 0.29) is 0 Å². The summed E-state index contributed by atoms with van der Waals surface area (Å²) >= 11 is 0. The van der Waals surface area contributed by atoms with E-state index in [1.165, 1.54) is 0 Å². The quantitative estimate of drug-likeness (QED) is 0.321. The number of hydrogen-bond acceptors (Lipinski definition) is 4. The van der Waals surface area contributed by atoms with Gasteiger partial charge in [-0.25, -0.2) is 0 Å². The van der Waals surface area contributed by atoms with Crippen LogP contribution in [-0.4, -0.2) is 0 Å². The van der Waals surface area contributed by atoms with E-state index in [1.54, 1.807) is 6.07 Å². The molecule has 0 atom stereocenters. The predicted molar refractivity (Wildman–Crippen MR) is 131 cm³/mol. The summed E-state index contributed by atoms with van der Waals surface area (Å²) in [5.74, 6) is 2.06. The summed E-state index contributed by atoms with van der Waals surface area (Å²) in [6.07, 6.45) is 0. The Morgan fingerprint density at radius 1 is 0.594 bits per heavy atom. The van der Waals surface area contributed by atoms with Crippen molar-refractivity contribution in [1.82, 2.24) is 0 Å². The van der Waals surface area contributed by atoms with Crippen LogP contribution < -0.4 is 13.6 Å². The molecule has 0 saturated heterocycles. The minimum Gasteiger partial charge on any atom is -0.386 e. The summed E-state index contributed by atoms with van der Waals surface area (Å²) < 4.78 is 32.1. The first kappa shape index (κ1) is 23.9. The molecule has 0 spiro atoms. The molecule has 0 aliphatic carbocycles. The number of rotatable bonds is 8. The lowest BCUT2D eigenvalue weighted by Gasteiger charge is -2.23. The van der Waals surface area contributed by atoms with Crippen molar-refractivity contribution < 1.29 is 18.1 Å². The van der Waals surface area contributed by atoms with Gasteiger partial charge in [0.15, 0.2) is 0 Å². The van der Waals surface area contributed by atoms with Crippen molar-refractivity contribution in [2.24, 2.45) is 0 Å². The van der Waals surface area contributed by atoms with Gasteiger partial charge in [-0.05, 0) is 78.6 Å². The summed E-state index contributed by atoms with van der Waals surface area (Å²) in [4.78, 5) is 0. The third kappa shape index (κ3) is 5.75. The van der Waals surface area contributed by atoms with Crippen LogP contribution in [0.2, 0.25) is 0 Å². The average molecular weight is 453 g/mol. The molecular weight excluding hydrogens is 419 g/mol. The van der Waals surface area contributed by atoms with Gasteiger partial charge in [0.25, 0.3) is 0 Å². The lowest BCUT2D eigenvalue weighted by Crippen LogP contribution is -2.10. The largest absolute Gasteiger partial charge is 0.647 e. The SMILES string of the molecule is Cc1ccccc1OP(=O)(Oc1cc(C(C)C)ccc1C)Oc1cc(C(C)C)ccc1C. The molecule has 0 aliphatic heterocycles. The van der Waals surface area contributed by atoms with Gasteiger partial charge < -0.3 is 13.6 Å². The Kier molecular flexibility index (Phi) is 7.36. The number of aryl methyl sites for hydroxylation is 3. The molecule has 170 valence electrons. The second kappa shape index (κ2) is 9.83. The normalized spacial score (nSPS) is 11.7. The molecule has 5 heteroatoms. The third-order valence-corrected chi connectivity index (χ3v) is 6.74. The standard InChI is InChI=1S/C27H33O4P/c1-18(2)23-14-12-21(6)26(16-23)30-32(28,29-25-11-9-8-10-20(25)5)31-27-17-24(19(3)4)15-13-22(27)7/h8-19H,1-7H3. The molecule has 0 heterocycles. The van der Waals surface area contributed by atoms with E-state index in [0.717, 1.165) is 27.8 Å². The fraction of sp³-hybridized carbons (Fsp3) is 0.333. The minimum atomic E-state index is -4.07. The van der Waals surface area contributed by atoms with Gasteiger partial charge in [0.05, 0.1) is 0 Å². The second-order valence-corrected chi connectivity index (χ2v) is 10.3. The summed E-state index contributed by atoms with van der Waals surface area (Å²) in [6, 6.07) is 19.3. The van der Waals surface area contributed by atoms with Crippen molar-refractivity contribution in [1.29, 1.82) is 0 Å². The molecule has 3 aromatic carbocycles. The van der Waals surface area contributed by atoms with E-state index >= 15 is 0 Å². The monoisotopic (exact) mass is 452 g/mol. The van der Waals surface area contributed by atoms with Crippen molar-refractivity contribution in [2.45, 2.75) is 60.3 Å². The highest BCUT2D eigenvalue weighted by atomic mass is 31.2. The lowest BCUT2D eigenvalue weighted by atomic mass is 10.0. The lowest BCUT2D eigenvalue weighted by molar-refractivity contribution is 0.296. The van der Waals surface area contributed by atoms with Gasteiger partial charge in [-0.15, -0.1) is 0 Å². The van der Waals surface area contributed by atoms with Gasteiger partial charge >= 0.3 is 7.82 Å². The third-order valence-electron chi connectivity index (χ3n) is 5.48. The first-order chi connectivity index (χ1) is 15.1. The van der Waals surface area contributed by atoms with Gasteiger partial charge in [-0.2, -0.15) is 4.57 Å². The number of benzene rings is 3. The van der Waals surface area contributed by atoms with Crippen molar-refractivity contribution in [2.75, 3.05) is 0 Å². The Bertz CT molecular complexity index is 1070. The molecule has 0 aromatic heterocycles. The molecule has 0 unspecified atom stereocenters. The van der Waals surface area contributed by atoms with Gasteiger partial charge in [0, 0.05) is 0 Å². The van der Waals surface area contributed by atoms with Crippen LogP contribution in [0.3, 0.4) is 0 Å². The van der Waals surface area contributed by atoms with Gasteiger partial charge in [-0.3, -0.25) is 0 Å². The average Bonchev–Trinajstić information content (AvgIpc) is 2.72. The zero-order valence-corrected chi connectivity index (χ0v) is 20.9. The molecule has 32 heavy (non-hydrogen) atoms. The van der Waals surface area contributed by atoms with Crippen molar-refractivity contribution in [3.05, 3.63) is 88.5 Å². The molecule has 0 N–H and O–H groups in total. The highest BCUT2D eigenvalue weighted by molar-refractivity contribution is 7.49. The zero-order valence-electron chi connectivity index (χ0n) is 20.0. The first-order valence-corrected chi connectivity index (χ1v) is 12.5. The Labute approximate surface area is 192 Å². The van der Waals surface area contributed by atoms with Crippen LogP contribution in [0, 0.1) is 20.8 Å². The maximum absolute atomic E-state index is 14.1. The smallest absolute Gasteiger partial charge is 0.386 e. The van der Waals surface area contributed by atoms with Crippen molar-refractivity contribution in [3.63, 3.8) is 0 Å². The van der Waals surface area contributed by atoms with E-state index in [0.29, 0.717) is 29.1 Å². The Morgan fingerprint density at radius 3 is 1.44 bits per heavy atom. The summed E-state index contributed by atoms with van der Waals surface area (Å²) in [7, 11) is -4.07. The van der Waals surface area contributed by atoms with Crippen LogP contribution in [0.25, 0.3) is 0 Å². The highest BCUT2D eigenvalue weighted by Crippen LogP contribution is 2.52. The zero-order chi connectivity index (χ0) is 23.5. The molecule has 3 aromatic rings. The summed E-state index contributed by atoms with van der Waals surface area (Å²) in [5, 5.41) is 0. The van der Waals surface area contributed by atoms with Crippen LogP contribution in [-0.2, 0) is 4.57 Å². The fourth-order valence-electron chi connectivity index (χ4n) is 3.22. The van der Waals surface area contributed by atoms with E-state index in [2.05, 4.69) is 39.8 Å². The van der Waals surface area contributed by atoms with Gasteiger partial charge in [-0.1, -0.05) is 70.2 Å². The number of para-hydroxylation sites is 1. The highest BCUT2D eigenvalue weighted by Gasteiger charge is 2.35. The molecule has 0 radical (unpaired) electrons. The van der Waals surface area contributed by atoms with Gasteiger partial charge in [0.2, 0.25) is 0 Å². The maximum atomic E-state index is 14.1. The van der Waals surface area contributed by atoms with E-state index < -0.39 is 7.82 Å². The fourth-order valence-corrected chi connectivity index (χ4v) is 4.66. The van der Waals surface area contributed by atoms with Crippen molar-refractivity contribution in [3.8, 4) is 17.2 Å². The second-order valence-electron chi connectivity index (χ2n) is 8.85. The van der Waals surface area contributed by atoms with E-state index in [1.807, 2.05) is 63.2 Å². The Morgan fingerprint density at radius 2 is 1.00 bits per heavy atom. The molecule has 0 bridgehead atoms. The van der Waals surface area contributed by atoms with Crippen LogP contribution >= 0.6 is 7.82 Å².